The van der Waals surface area contributed by atoms with Crippen molar-refractivity contribution in [2.45, 2.75) is 38.5 Å². The largest absolute Gasteiger partial charge is 0.497 e. The second-order valence-corrected chi connectivity index (χ2v) is 9.26. The lowest BCUT2D eigenvalue weighted by atomic mass is 10.0. The van der Waals surface area contributed by atoms with Crippen molar-refractivity contribution < 1.29 is 14.3 Å². The first-order valence-electron chi connectivity index (χ1n) is 11.3. The summed E-state index contributed by atoms with van der Waals surface area (Å²) in [6.45, 7) is 10.3. The van der Waals surface area contributed by atoms with E-state index < -0.39 is 0 Å². The smallest absolute Gasteiger partial charge is 0.251 e. The highest BCUT2D eigenvalue weighted by Gasteiger charge is 2.26. The number of allylic oxidation sites excluding steroid dienone is 1. The third kappa shape index (κ3) is 6.73. The Morgan fingerprint density at radius 1 is 1.14 bits per heavy atom. The number of nitrogens with one attached hydrogen (secondary N) is 2. The van der Waals surface area contributed by atoms with Gasteiger partial charge in [-0.1, -0.05) is 49.9 Å². The molecule has 1 unspecified atom stereocenters. The molecular weight excluding hydrogens is 462 g/mol. The van der Waals surface area contributed by atoms with E-state index in [9.17, 15) is 9.59 Å². The van der Waals surface area contributed by atoms with Crippen LogP contribution in [0.4, 0.5) is 5.69 Å². The molecule has 184 valence electrons. The Labute approximate surface area is 210 Å². The van der Waals surface area contributed by atoms with E-state index in [4.69, 9.17) is 4.74 Å². The molecule has 0 saturated carbocycles. The first-order valence-corrected chi connectivity index (χ1v) is 12.3. The molecule has 0 radical (unpaired) electrons. The molecule has 1 atom stereocenters. The zero-order valence-electron chi connectivity index (χ0n) is 20.4. The standard InChI is InChI=1S/C26H31N5O3S/c1-6-15-31-24(23(17(2)3)28-25(33)19-11-13-20(34-5)14-12-19)29-30-26(31)35-16-22(32)27-21-10-8-7-9-18(21)4/h6-14,17,23H,1,15-16H2,2-5H3,(H,27,32)(H,28,33). The number of ether oxygens (including phenoxy) is 1. The van der Waals surface area contributed by atoms with Crippen molar-refractivity contribution in [2.75, 3.05) is 18.2 Å². The molecule has 0 fully saturated rings. The van der Waals surface area contributed by atoms with Crippen LogP contribution in [0, 0.1) is 12.8 Å². The average Bonchev–Trinajstić information content (AvgIpc) is 3.24. The van der Waals surface area contributed by atoms with Crippen LogP contribution in [-0.2, 0) is 11.3 Å². The molecule has 2 amide bonds. The summed E-state index contributed by atoms with van der Waals surface area (Å²) in [5, 5.41) is 15.3. The highest BCUT2D eigenvalue weighted by atomic mass is 32.2. The molecule has 8 nitrogen and oxygen atoms in total. The van der Waals surface area contributed by atoms with Crippen LogP contribution in [-0.4, -0.2) is 39.4 Å². The van der Waals surface area contributed by atoms with Crippen molar-refractivity contribution in [1.82, 2.24) is 20.1 Å². The van der Waals surface area contributed by atoms with Crippen molar-refractivity contribution in [2.24, 2.45) is 5.92 Å². The van der Waals surface area contributed by atoms with E-state index in [1.54, 1.807) is 37.5 Å². The van der Waals surface area contributed by atoms with Crippen LogP contribution in [0.15, 0.2) is 66.3 Å². The minimum atomic E-state index is -0.382. The molecule has 0 aliphatic heterocycles. The molecule has 0 bridgehead atoms. The van der Waals surface area contributed by atoms with E-state index in [1.807, 2.05) is 49.6 Å². The molecule has 0 aliphatic carbocycles. The lowest BCUT2D eigenvalue weighted by molar-refractivity contribution is -0.113. The molecule has 1 heterocycles. The monoisotopic (exact) mass is 493 g/mol. The zero-order chi connectivity index (χ0) is 25.4. The Hall–Kier alpha value is -3.59. The number of para-hydroxylation sites is 1. The number of hydrogen-bond acceptors (Lipinski definition) is 6. The Bertz CT molecular complexity index is 1170. The Kier molecular flexibility index (Phi) is 9.08. The average molecular weight is 494 g/mol. The maximum Gasteiger partial charge on any atom is 0.251 e. The predicted octanol–water partition coefficient (Wildman–Crippen LogP) is 4.64. The minimum Gasteiger partial charge on any atom is -0.497 e. The van der Waals surface area contributed by atoms with Gasteiger partial charge in [-0.05, 0) is 48.7 Å². The van der Waals surface area contributed by atoms with Crippen molar-refractivity contribution in [3.05, 3.63) is 78.1 Å². The molecule has 2 N–H and O–H groups in total. The van der Waals surface area contributed by atoms with E-state index >= 15 is 0 Å². The molecule has 0 saturated heterocycles. The van der Waals surface area contributed by atoms with Crippen LogP contribution in [0.2, 0.25) is 0 Å². The number of carbonyl (C=O) groups excluding carboxylic acids is 2. The second kappa shape index (κ2) is 12.2. The molecule has 2 aromatic carbocycles. The van der Waals surface area contributed by atoms with Gasteiger partial charge in [0.25, 0.3) is 5.91 Å². The van der Waals surface area contributed by atoms with Gasteiger partial charge in [0.1, 0.15) is 5.75 Å². The van der Waals surface area contributed by atoms with Crippen LogP contribution in [0.3, 0.4) is 0 Å². The summed E-state index contributed by atoms with van der Waals surface area (Å²) in [6.07, 6.45) is 1.74. The Balaban J connectivity index is 1.75. The third-order valence-electron chi connectivity index (χ3n) is 5.39. The van der Waals surface area contributed by atoms with Gasteiger partial charge < -0.3 is 19.9 Å². The first kappa shape index (κ1) is 26.0. The molecule has 3 aromatic rings. The maximum absolute atomic E-state index is 12.9. The number of aromatic nitrogens is 3. The predicted molar refractivity (Wildman–Crippen MR) is 139 cm³/mol. The lowest BCUT2D eigenvalue weighted by Crippen LogP contribution is -2.33. The number of anilines is 1. The molecule has 35 heavy (non-hydrogen) atoms. The Morgan fingerprint density at radius 2 is 1.86 bits per heavy atom. The van der Waals surface area contributed by atoms with Gasteiger partial charge in [-0.25, -0.2) is 0 Å². The van der Waals surface area contributed by atoms with E-state index in [2.05, 4.69) is 27.4 Å². The number of rotatable bonds is 11. The lowest BCUT2D eigenvalue weighted by Gasteiger charge is -2.22. The summed E-state index contributed by atoms with van der Waals surface area (Å²) < 4.78 is 7.05. The SMILES string of the molecule is C=CCn1c(SCC(=O)Nc2ccccc2C)nnc1C(NC(=O)c1ccc(OC)cc1)C(C)C. The number of amides is 2. The summed E-state index contributed by atoms with van der Waals surface area (Å²) >= 11 is 1.29. The fourth-order valence-electron chi connectivity index (χ4n) is 3.46. The first-order chi connectivity index (χ1) is 16.8. The molecule has 1 aromatic heterocycles. The van der Waals surface area contributed by atoms with E-state index in [0.29, 0.717) is 28.8 Å². The van der Waals surface area contributed by atoms with E-state index in [0.717, 1.165) is 11.3 Å². The zero-order valence-corrected chi connectivity index (χ0v) is 21.3. The number of aryl methyl sites for hydroxylation is 1. The van der Waals surface area contributed by atoms with Crippen LogP contribution >= 0.6 is 11.8 Å². The molecule has 0 aliphatic rings. The van der Waals surface area contributed by atoms with Gasteiger partial charge in [-0.3, -0.25) is 9.59 Å². The highest BCUT2D eigenvalue weighted by molar-refractivity contribution is 7.99. The number of carbonyl (C=O) groups is 2. The molecular formula is C26H31N5O3S. The number of benzene rings is 2. The van der Waals surface area contributed by atoms with Crippen molar-refractivity contribution in [3.63, 3.8) is 0 Å². The summed E-state index contributed by atoms with van der Waals surface area (Å²) in [5.41, 5.74) is 2.30. The van der Waals surface area contributed by atoms with Crippen LogP contribution in [0.25, 0.3) is 0 Å². The number of nitrogens with zero attached hydrogens (tertiary/aromatic N) is 3. The van der Waals surface area contributed by atoms with Gasteiger partial charge >= 0.3 is 0 Å². The van der Waals surface area contributed by atoms with Crippen LogP contribution in [0.1, 0.15) is 41.6 Å². The van der Waals surface area contributed by atoms with Crippen molar-refractivity contribution >= 4 is 29.3 Å². The second-order valence-electron chi connectivity index (χ2n) is 8.32. The quantitative estimate of drug-likeness (QED) is 0.298. The molecule has 3 rings (SSSR count). The van der Waals surface area contributed by atoms with Gasteiger partial charge in [-0.2, -0.15) is 0 Å². The molecule has 9 heteroatoms. The molecule has 0 spiro atoms. The summed E-state index contributed by atoms with van der Waals surface area (Å²) in [4.78, 5) is 25.5. The normalized spacial score (nSPS) is 11.7. The minimum absolute atomic E-state index is 0.0483. The van der Waals surface area contributed by atoms with E-state index in [-0.39, 0.29) is 29.5 Å². The number of hydrogen-bond donors (Lipinski definition) is 2. The fraction of sp³-hybridized carbons (Fsp3) is 0.308. The summed E-state index contributed by atoms with van der Waals surface area (Å²) in [7, 11) is 1.58. The van der Waals surface area contributed by atoms with Crippen molar-refractivity contribution in [1.29, 1.82) is 0 Å². The summed E-state index contributed by atoms with van der Waals surface area (Å²) in [5.74, 6) is 1.17. The van der Waals surface area contributed by atoms with Gasteiger partial charge in [0.05, 0.1) is 18.9 Å². The summed E-state index contributed by atoms with van der Waals surface area (Å²) in [6, 6.07) is 14.2. The van der Waals surface area contributed by atoms with Gasteiger partial charge in [0.2, 0.25) is 5.91 Å². The highest BCUT2D eigenvalue weighted by Crippen LogP contribution is 2.26. The van der Waals surface area contributed by atoms with Crippen LogP contribution in [0.5, 0.6) is 5.75 Å². The number of thioether (sulfide) groups is 1. The Morgan fingerprint density at radius 3 is 2.49 bits per heavy atom. The van der Waals surface area contributed by atoms with E-state index in [1.165, 1.54) is 11.8 Å². The van der Waals surface area contributed by atoms with Gasteiger partial charge in [0.15, 0.2) is 11.0 Å². The van der Waals surface area contributed by atoms with Crippen LogP contribution < -0.4 is 15.4 Å². The fourth-order valence-corrected chi connectivity index (χ4v) is 4.22. The van der Waals surface area contributed by atoms with Gasteiger partial charge in [0, 0.05) is 17.8 Å². The van der Waals surface area contributed by atoms with Crippen molar-refractivity contribution in [3.8, 4) is 5.75 Å². The maximum atomic E-state index is 12.9. The number of methoxy groups -OCH3 is 1. The van der Waals surface area contributed by atoms with Gasteiger partial charge in [-0.15, -0.1) is 16.8 Å². The third-order valence-corrected chi connectivity index (χ3v) is 6.36. The topological polar surface area (TPSA) is 98.1 Å².